The normalized spacial score (nSPS) is 15.8. The zero-order chi connectivity index (χ0) is 21.0. The van der Waals surface area contributed by atoms with Gasteiger partial charge >= 0.3 is 0 Å². The van der Waals surface area contributed by atoms with Crippen molar-refractivity contribution in [1.82, 2.24) is 5.32 Å². The molecule has 0 bridgehead atoms. The zero-order valence-corrected chi connectivity index (χ0v) is 17.7. The Morgan fingerprint density at radius 2 is 2.14 bits per heavy atom. The number of thiophene rings is 1. The summed E-state index contributed by atoms with van der Waals surface area (Å²) in [6.07, 6.45) is 6.37. The number of halogens is 1. The van der Waals surface area contributed by atoms with Gasteiger partial charge in [-0.1, -0.05) is 17.7 Å². The van der Waals surface area contributed by atoms with Crippen molar-refractivity contribution in [1.29, 1.82) is 5.41 Å². The van der Waals surface area contributed by atoms with Gasteiger partial charge in [0.05, 0.1) is 16.4 Å². The van der Waals surface area contributed by atoms with Crippen LogP contribution in [0.25, 0.3) is 10.4 Å². The Kier molecular flexibility index (Phi) is 6.67. The van der Waals surface area contributed by atoms with Crippen molar-refractivity contribution in [3.8, 4) is 16.2 Å². The number of nitrogens with one attached hydrogen (secondary N) is 2. The van der Waals surface area contributed by atoms with E-state index in [2.05, 4.69) is 5.32 Å². The van der Waals surface area contributed by atoms with Crippen molar-refractivity contribution in [3.63, 3.8) is 0 Å². The van der Waals surface area contributed by atoms with Crippen molar-refractivity contribution in [2.24, 2.45) is 0 Å². The van der Waals surface area contributed by atoms with E-state index in [0.29, 0.717) is 34.2 Å². The monoisotopic (exact) mass is 428 g/mol. The number of ketones is 1. The van der Waals surface area contributed by atoms with Crippen molar-refractivity contribution in [2.75, 3.05) is 6.54 Å². The molecule has 0 saturated carbocycles. The minimum Gasteiger partial charge on any atom is -0.486 e. The van der Waals surface area contributed by atoms with Gasteiger partial charge in [-0.3, -0.25) is 9.59 Å². The highest BCUT2D eigenvalue weighted by Gasteiger charge is 2.26. The average molecular weight is 429 g/mol. The number of rotatable bonds is 7. The maximum atomic E-state index is 12.0. The van der Waals surface area contributed by atoms with Gasteiger partial charge < -0.3 is 15.5 Å². The SMILES string of the molecule is CC=C(C=N)C=CC(=O)NCC1Cc2cc(-c3ccc(C(C)=O)s3)cc(Cl)c2O1. The molecule has 0 fully saturated rings. The Balaban J connectivity index is 1.65. The van der Waals surface area contributed by atoms with Gasteiger partial charge in [0.15, 0.2) is 5.78 Å². The van der Waals surface area contributed by atoms with Crippen molar-refractivity contribution >= 4 is 40.8 Å². The Hall–Kier alpha value is -2.70. The Labute approximate surface area is 178 Å². The largest absolute Gasteiger partial charge is 0.486 e. The summed E-state index contributed by atoms with van der Waals surface area (Å²) < 4.78 is 5.92. The lowest BCUT2D eigenvalue weighted by Crippen LogP contribution is -2.33. The molecule has 3 rings (SSSR count). The second-order valence-electron chi connectivity index (χ2n) is 6.62. The third-order valence-electron chi connectivity index (χ3n) is 4.52. The van der Waals surface area contributed by atoms with Gasteiger partial charge in [-0.25, -0.2) is 0 Å². The molecule has 1 amide bonds. The predicted molar refractivity (Wildman–Crippen MR) is 118 cm³/mol. The molecule has 5 nitrogen and oxygen atoms in total. The number of amides is 1. The lowest BCUT2D eigenvalue weighted by atomic mass is 10.1. The lowest BCUT2D eigenvalue weighted by Gasteiger charge is -2.11. The van der Waals surface area contributed by atoms with E-state index in [9.17, 15) is 9.59 Å². The smallest absolute Gasteiger partial charge is 0.244 e. The van der Waals surface area contributed by atoms with Crippen LogP contribution in [0.3, 0.4) is 0 Å². The molecule has 1 atom stereocenters. The number of ether oxygens (including phenoxy) is 1. The predicted octanol–water partition coefficient (Wildman–Crippen LogP) is 4.84. The molecule has 150 valence electrons. The fourth-order valence-electron chi connectivity index (χ4n) is 3.00. The average Bonchev–Trinajstić information content (AvgIpc) is 3.34. The highest BCUT2D eigenvalue weighted by atomic mass is 35.5. The third kappa shape index (κ3) is 5.02. The van der Waals surface area contributed by atoms with Crippen LogP contribution >= 0.6 is 22.9 Å². The van der Waals surface area contributed by atoms with Gasteiger partial charge in [-0.2, -0.15) is 0 Å². The molecule has 0 radical (unpaired) electrons. The van der Waals surface area contributed by atoms with Crippen LogP contribution in [0, 0.1) is 5.41 Å². The summed E-state index contributed by atoms with van der Waals surface area (Å²) in [4.78, 5) is 25.2. The van der Waals surface area contributed by atoms with Gasteiger partial charge in [-0.05, 0) is 55.3 Å². The number of benzene rings is 1. The minimum absolute atomic E-state index is 0.0452. The molecule has 2 aromatic rings. The second-order valence-corrected chi connectivity index (χ2v) is 8.11. The van der Waals surface area contributed by atoms with E-state index in [1.807, 2.05) is 24.3 Å². The summed E-state index contributed by atoms with van der Waals surface area (Å²) in [5.41, 5.74) is 2.60. The highest BCUT2D eigenvalue weighted by Crippen LogP contribution is 2.41. The molecule has 2 N–H and O–H groups in total. The van der Waals surface area contributed by atoms with E-state index >= 15 is 0 Å². The molecule has 1 aromatic carbocycles. The Morgan fingerprint density at radius 1 is 1.34 bits per heavy atom. The lowest BCUT2D eigenvalue weighted by molar-refractivity contribution is -0.116. The third-order valence-corrected chi connectivity index (χ3v) is 6.04. The quantitative estimate of drug-likeness (QED) is 0.286. The van der Waals surface area contributed by atoms with E-state index in [1.54, 1.807) is 26.0 Å². The molecule has 0 saturated heterocycles. The molecule has 1 unspecified atom stereocenters. The molecule has 1 aromatic heterocycles. The van der Waals surface area contributed by atoms with E-state index in [-0.39, 0.29) is 17.8 Å². The van der Waals surface area contributed by atoms with Crippen LogP contribution in [0.15, 0.2) is 48.1 Å². The number of allylic oxidation sites excluding steroid dienone is 3. The van der Waals surface area contributed by atoms with E-state index in [4.69, 9.17) is 21.7 Å². The van der Waals surface area contributed by atoms with Crippen molar-refractivity contribution in [2.45, 2.75) is 26.4 Å². The standard InChI is InChI=1S/C22H21ClN2O3S/c1-3-14(11-24)4-7-21(27)25-12-17-9-16-8-15(10-18(23)22(16)28-17)20-6-5-19(29-20)13(2)26/h3-8,10-11,17,24H,9,12H2,1-2H3,(H,25,27). The fraction of sp³-hybridized carbons (Fsp3) is 0.227. The molecular formula is C22H21ClN2O3S. The number of carbonyl (C=O) groups is 2. The molecule has 7 heteroatoms. The topological polar surface area (TPSA) is 79.3 Å². The highest BCUT2D eigenvalue weighted by molar-refractivity contribution is 7.17. The first-order chi connectivity index (χ1) is 13.9. The number of hydrogen-bond donors (Lipinski definition) is 2. The van der Waals surface area contributed by atoms with Crippen LogP contribution in [0.2, 0.25) is 5.02 Å². The summed E-state index contributed by atoms with van der Waals surface area (Å²) in [6.45, 7) is 3.71. The van der Waals surface area contributed by atoms with Gasteiger partial charge in [0.25, 0.3) is 0 Å². The van der Waals surface area contributed by atoms with Gasteiger partial charge in [0.2, 0.25) is 5.91 Å². The molecule has 29 heavy (non-hydrogen) atoms. The van der Waals surface area contributed by atoms with Gasteiger partial charge in [0.1, 0.15) is 11.9 Å². The molecule has 2 heterocycles. The number of hydrogen-bond acceptors (Lipinski definition) is 5. The zero-order valence-electron chi connectivity index (χ0n) is 16.1. The summed E-state index contributed by atoms with van der Waals surface area (Å²) in [6, 6.07) is 7.62. The summed E-state index contributed by atoms with van der Waals surface area (Å²) >= 11 is 7.87. The van der Waals surface area contributed by atoms with Gasteiger partial charge in [0, 0.05) is 29.2 Å². The maximum Gasteiger partial charge on any atom is 0.244 e. The Morgan fingerprint density at radius 3 is 2.79 bits per heavy atom. The second kappa shape index (κ2) is 9.20. The van der Waals surface area contributed by atoms with Crippen LogP contribution < -0.4 is 10.1 Å². The van der Waals surface area contributed by atoms with E-state index in [0.717, 1.165) is 16.0 Å². The van der Waals surface area contributed by atoms with Crippen LogP contribution in [-0.2, 0) is 11.2 Å². The van der Waals surface area contributed by atoms with E-state index in [1.165, 1.54) is 23.6 Å². The Bertz CT molecular complexity index is 1020. The molecule has 0 spiro atoms. The van der Waals surface area contributed by atoms with Crippen molar-refractivity contribution < 1.29 is 14.3 Å². The fourth-order valence-corrected chi connectivity index (χ4v) is 4.17. The summed E-state index contributed by atoms with van der Waals surface area (Å²) in [5, 5.41) is 10.5. The first kappa shape index (κ1) is 21.0. The van der Waals surface area contributed by atoms with Crippen LogP contribution in [0.5, 0.6) is 5.75 Å². The number of carbonyl (C=O) groups excluding carboxylic acids is 2. The van der Waals surface area contributed by atoms with E-state index < -0.39 is 0 Å². The molecule has 0 aliphatic carbocycles. The summed E-state index contributed by atoms with van der Waals surface area (Å²) in [7, 11) is 0. The molecular weight excluding hydrogens is 408 g/mol. The van der Waals surface area contributed by atoms with Crippen LogP contribution in [-0.4, -0.2) is 30.6 Å². The maximum absolute atomic E-state index is 12.0. The van der Waals surface area contributed by atoms with Crippen molar-refractivity contribution in [3.05, 3.63) is 63.5 Å². The number of fused-ring (bicyclic) bond motifs is 1. The first-order valence-corrected chi connectivity index (χ1v) is 10.3. The van der Waals surface area contributed by atoms with Gasteiger partial charge in [-0.15, -0.1) is 11.3 Å². The summed E-state index contributed by atoms with van der Waals surface area (Å²) in [5.74, 6) is 0.449. The molecule has 1 aliphatic heterocycles. The van der Waals surface area contributed by atoms with Crippen LogP contribution in [0.4, 0.5) is 0 Å². The minimum atomic E-state index is -0.243. The van der Waals surface area contributed by atoms with Crippen LogP contribution in [0.1, 0.15) is 29.1 Å². The number of Topliss-reactive ketones (excluding diaryl/α,β-unsaturated/α-hetero) is 1. The molecule has 1 aliphatic rings. The first-order valence-electron chi connectivity index (χ1n) is 9.14.